The van der Waals surface area contributed by atoms with Crippen molar-refractivity contribution in [3.63, 3.8) is 0 Å². The predicted molar refractivity (Wildman–Crippen MR) is 133 cm³/mol. The van der Waals surface area contributed by atoms with Gasteiger partial charge in [-0.1, -0.05) is 30.3 Å². The molecule has 0 radical (unpaired) electrons. The molecule has 0 bridgehead atoms. The average molecular weight is 473 g/mol. The number of hydrogen-bond donors (Lipinski definition) is 1. The Hall–Kier alpha value is -3.98. The van der Waals surface area contributed by atoms with Gasteiger partial charge < -0.3 is 19.7 Å². The SMILES string of the molecule is COc1cc2ncnc(-c3cn(C)nc3-c3ccccc3)c2cc1OC(=O)N1CCNCC1(C)C. The van der Waals surface area contributed by atoms with E-state index in [2.05, 4.69) is 20.4 Å². The Bertz CT molecular complexity index is 1380. The zero-order valence-electron chi connectivity index (χ0n) is 20.3. The molecule has 35 heavy (non-hydrogen) atoms. The standard InChI is InChI=1S/C26H28N6O3/c1-26(2)15-27-10-11-32(26)25(33)35-22-12-18-20(13-21(22)34-4)28-16-29-24(18)19-14-31(3)30-23(19)17-8-6-5-7-9-17/h5-9,12-14,16,27H,10-11,15H2,1-4H3. The Kier molecular flexibility index (Phi) is 5.86. The van der Waals surface area contributed by atoms with Crippen molar-refractivity contribution in [2.45, 2.75) is 19.4 Å². The molecule has 4 aromatic rings. The second-order valence-corrected chi connectivity index (χ2v) is 9.18. The van der Waals surface area contributed by atoms with Crippen LogP contribution >= 0.6 is 0 Å². The van der Waals surface area contributed by atoms with Gasteiger partial charge in [-0.3, -0.25) is 4.68 Å². The summed E-state index contributed by atoms with van der Waals surface area (Å²) < 4.78 is 13.2. The lowest BCUT2D eigenvalue weighted by Gasteiger charge is -2.41. The Balaban J connectivity index is 1.60. The van der Waals surface area contributed by atoms with E-state index in [0.717, 1.165) is 22.2 Å². The van der Waals surface area contributed by atoms with Crippen LogP contribution in [0, 0.1) is 0 Å². The van der Waals surface area contributed by atoms with Gasteiger partial charge in [0.05, 0.1) is 23.9 Å². The molecule has 0 aliphatic carbocycles. The van der Waals surface area contributed by atoms with Crippen molar-refractivity contribution in [1.82, 2.24) is 30.0 Å². The van der Waals surface area contributed by atoms with Crippen LogP contribution in [-0.2, 0) is 7.05 Å². The fourth-order valence-corrected chi connectivity index (χ4v) is 4.46. The summed E-state index contributed by atoms with van der Waals surface area (Å²) in [6.45, 7) is 5.99. The lowest BCUT2D eigenvalue weighted by Crippen LogP contribution is -2.60. The van der Waals surface area contributed by atoms with Crippen LogP contribution in [0.3, 0.4) is 0 Å². The van der Waals surface area contributed by atoms with E-state index in [9.17, 15) is 4.79 Å². The molecule has 2 aromatic carbocycles. The van der Waals surface area contributed by atoms with E-state index in [1.807, 2.05) is 57.4 Å². The van der Waals surface area contributed by atoms with Gasteiger partial charge in [-0.25, -0.2) is 14.8 Å². The quantitative estimate of drug-likeness (QED) is 0.482. The summed E-state index contributed by atoms with van der Waals surface area (Å²) in [5, 5.41) is 8.73. The molecule has 9 heteroatoms. The smallest absolute Gasteiger partial charge is 0.415 e. The third kappa shape index (κ3) is 4.30. The number of fused-ring (bicyclic) bond motifs is 1. The predicted octanol–water partition coefficient (Wildman–Crippen LogP) is 3.89. The van der Waals surface area contributed by atoms with Crippen LogP contribution < -0.4 is 14.8 Å². The van der Waals surface area contributed by atoms with Gasteiger partial charge in [0.2, 0.25) is 0 Å². The minimum absolute atomic E-state index is 0.320. The lowest BCUT2D eigenvalue weighted by atomic mass is 10.0. The molecule has 1 aliphatic rings. The van der Waals surface area contributed by atoms with Gasteiger partial charge in [-0.15, -0.1) is 0 Å². The van der Waals surface area contributed by atoms with Crippen LogP contribution in [0.25, 0.3) is 33.4 Å². The van der Waals surface area contributed by atoms with E-state index in [1.165, 1.54) is 6.33 Å². The van der Waals surface area contributed by atoms with Crippen molar-refractivity contribution in [3.8, 4) is 34.0 Å². The number of amides is 1. The molecule has 3 heterocycles. The number of carbonyl (C=O) groups is 1. The van der Waals surface area contributed by atoms with Crippen molar-refractivity contribution >= 4 is 17.0 Å². The number of hydrogen-bond acceptors (Lipinski definition) is 7. The molecule has 0 spiro atoms. The van der Waals surface area contributed by atoms with Gasteiger partial charge in [0.1, 0.15) is 12.0 Å². The van der Waals surface area contributed by atoms with Gasteiger partial charge >= 0.3 is 6.09 Å². The Labute approximate surface area is 203 Å². The van der Waals surface area contributed by atoms with Gasteiger partial charge in [-0.2, -0.15) is 5.10 Å². The Morgan fingerprint density at radius 3 is 2.63 bits per heavy atom. The van der Waals surface area contributed by atoms with Crippen molar-refractivity contribution in [2.24, 2.45) is 7.05 Å². The summed E-state index contributed by atoms with van der Waals surface area (Å²) in [5.74, 6) is 0.749. The number of nitrogens with zero attached hydrogens (tertiary/aromatic N) is 5. The third-order valence-corrected chi connectivity index (χ3v) is 6.27. The van der Waals surface area contributed by atoms with E-state index in [0.29, 0.717) is 42.3 Å². The third-order valence-electron chi connectivity index (χ3n) is 6.27. The molecule has 1 fully saturated rings. The topological polar surface area (TPSA) is 94.4 Å². The summed E-state index contributed by atoms with van der Waals surface area (Å²) in [6, 6.07) is 13.5. The van der Waals surface area contributed by atoms with Crippen LogP contribution in [0.1, 0.15) is 13.8 Å². The van der Waals surface area contributed by atoms with Gasteiger partial charge in [0, 0.05) is 55.5 Å². The van der Waals surface area contributed by atoms with Crippen LogP contribution in [0.15, 0.2) is 55.0 Å². The Morgan fingerprint density at radius 1 is 1.09 bits per heavy atom. The molecule has 180 valence electrons. The maximum absolute atomic E-state index is 13.2. The largest absolute Gasteiger partial charge is 0.493 e. The second kappa shape index (κ2) is 8.99. The fraction of sp³-hybridized carbons (Fsp3) is 0.308. The van der Waals surface area contributed by atoms with E-state index in [1.54, 1.807) is 28.8 Å². The summed E-state index contributed by atoms with van der Waals surface area (Å²) in [6.07, 6.45) is 3.04. The first-order valence-electron chi connectivity index (χ1n) is 11.5. The normalized spacial score (nSPS) is 15.3. The van der Waals surface area contributed by atoms with Gasteiger partial charge in [0.15, 0.2) is 11.5 Å². The van der Waals surface area contributed by atoms with Crippen molar-refractivity contribution in [2.75, 3.05) is 26.7 Å². The molecule has 9 nitrogen and oxygen atoms in total. The number of benzene rings is 2. The van der Waals surface area contributed by atoms with Crippen molar-refractivity contribution in [3.05, 3.63) is 55.0 Å². The van der Waals surface area contributed by atoms with Crippen LogP contribution in [0.2, 0.25) is 0 Å². The number of rotatable bonds is 4. The molecule has 1 N–H and O–H groups in total. The molecule has 2 aromatic heterocycles. The average Bonchev–Trinajstić information content (AvgIpc) is 3.24. The minimum Gasteiger partial charge on any atom is -0.493 e. The first kappa shape index (κ1) is 22.8. The lowest BCUT2D eigenvalue weighted by molar-refractivity contribution is 0.0812. The van der Waals surface area contributed by atoms with Crippen LogP contribution in [0.4, 0.5) is 4.79 Å². The highest BCUT2D eigenvalue weighted by atomic mass is 16.6. The molecule has 1 saturated heterocycles. The van der Waals surface area contributed by atoms with E-state index in [-0.39, 0.29) is 5.54 Å². The van der Waals surface area contributed by atoms with E-state index >= 15 is 0 Å². The maximum atomic E-state index is 13.2. The first-order valence-corrected chi connectivity index (χ1v) is 11.5. The monoisotopic (exact) mass is 472 g/mol. The molecular weight excluding hydrogens is 444 g/mol. The van der Waals surface area contributed by atoms with E-state index < -0.39 is 6.09 Å². The minimum atomic E-state index is -0.418. The zero-order chi connectivity index (χ0) is 24.6. The summed E-state index contributed by atoms with van der Waals surface area (Å²) in [5.41, 5.74) is 3.66. The zero-order valence-corrected chi connectivity index (χ0v) is 20.3. The molecule has 0 atom stereocenters. The highest BCUT2D eigenvalue weighted by molar-refractivity contribution is 5.97. The Morgan fingerprint density at radius 2 is 1.89 bits per heavy atom. The number of aromatic nitrogens is 4. The second-order valence-electron chi connectivity index (χ2n) is 9.18. The highest BCUT2D eigenvalue weighted by Gasteiger charge is 2.35. The maximum Gasteiger partial charge on any atom is 0.415 e. The molecular formula is C26H28N6O3. The van der Waals surface area contributed by atoms with Gasteiger partial charge in [-0.05, 0) is 19.9 Å². The number of aryl methyl sites for hydroxylation is 1. The van der Waals surface area contributed by atoms with Crippen molar-refractivity contribution in [1.29, 1.82) is 0 Å². The molecule has 0 saturated carbocycles. The number of methoxy groups -OCH3 is 1. The molecule has 1 amide bonds. The number of nitrogens with one attached hydrogen (secondary N) is 1. The molecule has 5 rings (SSSR count). The summed E-state index contributed by atoms with van der Waals surface area (Å²) in [4.78, 5) is 23.9. The number of carbonyl (C=O) groups excluding carboxylic acids is 1. The first-order chi connectivity index (χ1) is 16.9. The summed E-state index contributed by atoms with van der Waals surface area (Å²) >= 11 is 0. The molecule has 1 aliphatic heterocycles. The van der Waals surface area contributed by atoms with Gasteiger partial charge in [0.25, 0.3) is 0 Å². The van der Waals surface area contributed by atoms with Crippen molar-refractivity contribution < 1.29 is 14.3 Å². The summed E-state index contributed by atoms with van der Waals surface area (Å²) in [7, 11) is 3.43. The number of ether oxygens (including phenoxy) is 2. The van der Waals surface area contributed by atoms with Crippen LogP contribution in [-0.4, -0.2) is 63.0 Å². The fourth-order valence-electron chi connectivity index (χ4n) is 4.46. The van der Waals surface area contributed by atoms with Crippen LogP contribution in [0.5, 0.6) is 11.5 Å². The number of piperazine rings is 1. The van der Waals surface area contributed by atoms with E-state index in [4.69, 9.17) is 9.47 Å². The highest BCUT2D eigenvalue weighted by Crippen LogP contribution is 2.38. The molecule has 0 unspecified atom stereocenters.